The van der Waals surface area contributed by atoms with E-state index in [1.54, 1.807) is 6.07 Å². The lowest BCUT2D eigenvalue weighted by Gasteiger charge is -2.30. The number of nitrogens with two attached hydrogens (primary N) is 1. The Balaban J connectivity index is 1.80. The van der Waals surface area contributed by atoms with E-state index in [1.807, 2.05) is 0 Å². The van der Waals surface area contributed by atoms with E-state index >= 15 is 0 Å². The summed E-state index contributed by atoms with van der Waals surface area (Å²) >= 11 is 1.27. The van der Waals surface area contributed by atoms with Crippen LogP contribution in [0, 0.1) is 0 Å². The van der Waals surface area contributed by atoms with Crippen molar-refractivity contribution >= 4 is 21.4 Å². The Morgan fingerprint density at radius 3 is 2.85 bits per heavy atom. The number of fused-ring (bicyclic) bond motifs is 1. The van der Waals surface area contributed by atoms with Gasteiger partial charge in [-0.25, -0.2) is 13.6 Å². The van der Waals surface area contributed by atoms with Gasteiger partial charge in [0.25, 0.3) is 0 Å². The van der Waals surface area contributed by atoms with Gasteiger partial charge in [-0.2, -0.15) is 0 Å². The summed E-state index contributed by atoms with van der Waals surface area (Å²) in [4.78, 5) is 1.08. The second kappa shape index (κ2) is 5.73. The van der Waals surface area contributed by atoms with E-state index in [0.717, 1.165) is 55.6 Å². The Morgan fingerprint density at radius 2 is 2.15 bits per heavy atom. The largest absolute Gasteiger partial charge is 0.353 e. The molecule has 0 aromatic carbocycles. The summed E-state index contributed by atoms with van der Waals surface area (Å²) in [5.41, 5.74) is 0.986. The molecule has 2 heterocycles. The Hall–Kier alpha value is -0.470. The van der Waals surface area contributed by atoms with E-state index in [2.05, 4.69) is 0 Å². The number of thiophene rings is 1. The van der Waals surface area contributed by atoms with Crippen molar-refractivity contribution in [2.45, 2.75) is 55.1 Å². The zero-order chi connectivity index (χ0) is 14.2. The van der Waals surface area contributed by atoms with E-state index in [9.17, 15) is 8.42 Å². The van der Waals surface area contributed by atoms with Crippen LogP contribution < -0.4 is 5.14 Å². The second-order valence-electron chi connectivity index (χ2n) is 5.30. The first-order valence-electron chi connectivity index (χ1n) is 6.96. The molecule has 1 aromatic rings. The highest BCUT2D eigenvalue weighted by molar-refractivity contribution is 7.91. The maximum Gasteiger partial charge on any atom is 0.247 e. The molecule has 2 atom stereocenters. The summed E-state index contributed by atoms with van der Waals surface area (Å²) < 4.78 is 34.8. The maximum absolute atomic E-state index is 11.5. The number of hydrogen-bond acceptors (Lipinski definition) is 5. The minimum atomic E-state index is -3.62. The van der Waals surface area contributed by atoms with Gasteiger partial charge in [0.15, 0.2) is 6.29 Å². The summed E-state index contributed by atoms with van der Waals surface area (Å²) in [6.07, 6.45) is 5.73. The first-order chi connectivity index (χ1) is 9.54. The first-order valence-corrected chi connectivity index (χ1v) is 9.33. The summed E-state index contributed by atoms with van der Waals surface area (Å²) in [7, 11) is -3.62. The molecule has 1 fully saturated rings. The third-order valence-electron chi connectivity index (χ3n) is 3.77. The van der Waals surface area contributed by atoms with Crippen LogP contribution in [0.15, 0.2) is 10.3 Å². The van der Waals surface area contributed by atoms with Crippen LogP contribution in [-0.2, 0) is 25.9 Å². The van der Waals surface area contributed by atoms with Crippen LogP contribution in [0.2, 0.25) is 0 Å². The van der Waals surface area contributed by atoms with Crippen molar-refractivity contribution in [2.75, 3.05) is 6.61 Å². The molecule has 1 aliphatic carbocycles. The number of sulfonamides is 1. The van der Waals surface area contributed by atoms with E-state index < -0.39 is 10.0 Å². The third kappa shape index (κ3) is 3.07. The molecule has 3 rings (SSSR count). The van der Waals surface area contributed by atoms with Gasteiger partial charge < -0.3 is 9.47 Å². The van der Waals surface area contributed by atoms with Crippen LogP contribution in [0.4, 0.5) is 0 Å². The minimum absolute atomic E-state index is 0.0615. The van der Waals surface area contributed by atoms with E-state index in [1.165, 1.54) is 11.3 Å². The fourth-order valence-corrected chi connectivity index (χ4v) is 4.81. The lowest BCUT2D eigenvalue weighted by atomic mass is 9.96. The van der Waals surface area contributed by atoms with Crippen LogP contribution in [0.1, 0.15) is 48.6 Å². The van der Waals surface area contributed by atoms with Crippen molar-refractivity contribution in [2.24, 2.45) is 5.14 Å². The molecule has 1 aromatic heterocycles. The number of ether oxygens (including phenoxy) is 2. The zero-order valence-electron chi connectivity index (χ0n) is 11.2. The lowest BCUT2D eigenvalue weighted by molar-refractivity contribution is -0.192. The molecule has 7 heteroatoms. The van der Waals surface area contributed by atoms with Gasteiger partial charge in [-0.05, 0) is 50.2 Å². The number of hydrogen-bond donors (Lipinski definition) is 1. The molecule has 1 aliphatic heterocycles. The molecular weight excluding hydrogens is 298 g/mol. The number of primary sulfonamides is 1. The number of rotatable bonds is 3. The van der Waals surface area contributed by atoms with Gasteiger partial charge in [0.05, 0.1) is 6.10 Å². The first kappa shape index (κ1) is 14.5. The molecule has 0 spiro atoms. The van der Waals surface area contributed by atoms with Gasteiger partial charge in [0.2, 0.25) is 10.0 Å². The highest BCUT2D eigenvalue weighted by Crippen LogP contribution is 2.40. The minimum Gasteiger partial charge on any atom is -0.353 e. The van der Waals surface area contributed by atoms with E-state index in [0.29, 0.717) is 0 Å². The van der Waals surface area contributed by atoms with Gasteiger partial charge in [0.1, 0.15) is 4.21 Å². The van der Waals surface area contributed by atoms with Crippen molar-refractivity contribution < 1.29 is 17.9 Å². The average molecular weight is 317 g/mol. The molecular formula is C13H19NO4S2. The lowest BCUT2D eigenvalue weighted by Crippen LogP contribution is -2.25. The van der Waals surface area contributed by atoms with Gasteiger partial charge in [-0.1, -0.05) is 0 Å². The molecule has 5 nitrogen and oxygen atoms in total. The van der Waals surface area contributed by atoms with Crippen molar-refractivity contribution in [3.63, 3.8) is 0 Å². The Bertz CT molecular complexity index is 575. The topological polar surface area (TPSA) is 78.6 Å². The van der Waals surface area contributed by atoms with Crippen LogP contribution in [0.3, 0.4) is 0 Å². The fraction of sp³-hybridized carbons (Fsp3) is 0.692. The molecule has 0 saturated carbocycles. The molecule has 1 saturated heterocycles. The highest BCUT2D eigenvalue weighted by Gasteiger charge is 2.29. The fourth-order valence-electron chi connectivity index (χ4n) is 2.77. The summed E-state index contributed by atoms with van der Waals surface area (Å²) in [6, 6.07) is 1.68. The Labute approximate surface area is 123 Å². The molecule has 2 N–H and O–H groups in total. The summed E-state index contributed by atoms with van der Waals surface area (Å²) in [6.45, 7) is 0.746. The molecule has 2 aliphatic rings. The van der Waals surface area contributed by atoms with Crippen molar-refractivity contribution in [3.05, 3.63) is 16.5 Å². The number of aryl methyl sites for hydroxylation is 1. The van der Waals surface area contributed by atoms with E-state index in [-0.39, 0.29) is 16.6 Å². The van der Waals surface area contributed by atoms with Crippen LogP contribution in [0.5, 0.6) is 0 Å². The summed E-state index contributed by atoms with van der Waals surface area (Å²) in [5.74, 6) is 0. The van der Waals surface area contributed by atoms with Gasteiger partial charge in [-0.3, -0.25) is 0 Å². The van der Waals surface area contributed by atoms with Crippen molar-refractivity contribution in [1.29, 1.82) is 0 Å². The maximum atomic E-state index is 11.5. The SMILES string of the molecule is NS(=O)(=O)c1cc2c(s1)CCCC2OC1CCCCO1. The summed E-state index contributed by atoms with van der Waals surface area (Å²) in [5, 5.41) is 5.22. The van der Waals surface area contributed by atoms with Crippen molar-refractivity contribution in [3.8, 4) is 0 Å². The van der Waals surface area contributed by atoms with E-state index in [4.69, 9.17) is 14.6 Å². The van der Waals surface area contributed by atoms with Gasteiger partial charge in [-0.15, -0.1) is 11.3 Å². The standard InChI is InChI=1S/C13H19NO4S2/c14-20(15,16)13-8-9-10(4-3-5-11(9)19-13)18-12-6-1-2-7-17-12/h8,10,12H,1-7H2,(H2,14,15,16). The van der Waals surface area contributed by atoms with Gasteiger partial charge in [0, 0.05) is 11.5 Å². The van der Waals surface area contributed by atoms with Crippen LogP contribution in [0.25, 0.3) is 0 Å². The van der Waals surface area contributed by atoms with Gasteiger partial charge >= 0.3 is 0 Å². The molecule has 0 radical (unpaired) electrons. The molecule has 0 bridgehead atoms. The smallest absolute Gasteiger partial charge is 0.247 e. The van der Waals surface area contributed by atoms with Crippen molar-refractivity contribution in [1.82, 2.24) is 0 Å². The normalized spacial score (nSPS) is 27.2. The van der Waals surface area contributed by atoms with Crippen LogP contribution in [-0.4, -0.2) is 21.3 Å². The molecule has 0 amide bonds. The third-order valence-corrected chi connectivity index (χ3v) is 6.40. The average Bonchev–Trinajstić information content (AvgIpc) is 2.85. The zero-order valence-corrected chi connectivity index (χ0v) is 12.8. The predicted molar refractivity (Wildman–Crippen MR) is 76.0 cm³/mol. The van der Waals surface area contributed by atoms with Crippen LogP contribution >= 0.6 is 11.3 Å². The molecule has 20 heavy (non-hydrogen) atoms. The predicted octanol–water partition coefficient (Wildman–Crippen LogP) is 2.32. The molecule has 112 valence electrons. The second-order valence-corrected chi connectivity index (χ2v) is 8.23. The monoisotopic (exact) mass is 317 g/mol. The quantitative estimate of drug-likeness (QED) is 0.928. The molecule has 2 unspecified atom stereocenters. The Kier molecular flexibility index (Phi) is 4.14. The highest BCUT2D eigenvalue weighted by atomic mass is 32.2. The Morgan fingerprint density at radius 1 is 1.30 bits per heavy atom.